The van der Waals surface area contributed by atoms with Crippen LogP contribution in [0.1, 0.15) is 22.3 Å². The van der Waals surface area contributed by atoms with Gasteiger partial charge in [-0.3, -0.25) is 14.3 Å². The fourth-order valence-corrected chi connectivity index (χ4v) is 4.64. The van der Waals surface area contributed by atoms with Crippen molar-refractivity contribution in [1.29, 1.82) is 0 Å². The molecule has 1 heterocycles. The molecule has 2 aromatic carbocycles. The third-order valence-corrected chi connectivity index (χ3v) is 6.91. The lowest BCUT2D eigenvalue weighted by Crippen LogP contribution is -2.30. The van der Waals surface area contributed by atoms with E-state index in [1.165, 1.54) is 30.3 Å². The van der Waals surface area contributed by atoms with Gasteiger partial charge in [0.05, 0.1) is 0 Å². The smallest absolute Gasteiger partial charge is 0.271 e. The predicted molar refractivity (Wildman–Crippen MR) is 117 cm³/mol. The number of carbonyl (C=O) groups is 2. The quantitative estimate of drug-likeness (QED) is 0.473. The summed E-state index contributed by atoms with van der Waals surface area (Å²) in [5.74, 6) is -0.490. The van der Waals surface area contributed by atoms with E-state index >= 15 is 0 Å². The number of hydrogen-bond acceptors (Lipinski definition) is 5. The molecule has 0 saturated carbocycles. The molecule has 0 aliphatic carbocycles. The Kier molecular flexibility index (Phi) is 7.21. The number of nitrogens with one attached hydrogen (secondary N) is 3. The van der Waals surface area contributed by atoms with Gasteiger partial charge in [-0.15, -0.1) is 11.3 Å². The molecule has 3 aromatic rings. The predicted octanol–water partition coefficient (Wildman–Crippen LogP) is 2.99. The standard InChI is InChI=1S/C21H21N3O4S2/c25-19(23-15-16-5-2-1-3-6-16)12-13-22-21(26)17-8-10-18(11-9-17)24-30(27,28)20-7-4-14-29-20/h1-11,14,24H,12-13,15H2,(H,22,26)(H,23,25). The van der Waals surface area contributed by atoms with Gasteiger partial charge in [-0.25, -0.2) is 8.42 Å². The number of rotatable bonds is 9. The highest BCUT2D eigenvalue weighted by Crippen LogP contribution is 2.20. The highest BCUT2D eigenvalue weighted by molar-refractivity contribution is 7.94. The zero-order chi connectivity index (χ0) is 21.4. The third-order valence-electron chi connectivity index (χ3n) is 4.13. The second kappa shape index (κ2) is 10.0. The van der Waals surface area contributed by atoms with E-state index in [1.54, 1.807) is 11.4 Å². The number of anilines is 1. The lowest BCUT2D eigenvalue weighted by molar-refractivity contribution is -0.121. The van der Waals surface area contributed by atoms with Gasteiger partial charge >= 0.3 is 0 Å². The third kappa shape index (κ3) is 6.16. The van der Waals surface area contributed by atoms with Gasteiger partial charge in [0.15, 0.2) is 0 Å². The van der Waals surface area contributed by atoms with Crippen molar-refractivity contribution in [2.45, 2.75) is 17.2 Å². The van der Waals surface area contributed by atoms with Crippen LogP contribution in [0.3, 0.4) is 0 Å². The fraction of sp³-hybridized carbons (Fsp3) is 0.143. The van der Waals surface area contributed by atoms with Gasteiger partial charge in [-0.05, 0) is 41.3 Å². The van der Waals surface area contributed by atoms with Gasteiger partial charge in [0.25, 0.3) is 15.9 Å². The number of carbonyl (C=O) groups excluding carboxylic acids is 2. The van der Waals surface area contributed by atoms with Crippen molar-refractivity contribution in [2.75, 3.05) is 11.3 Å². The lowest BCUT2D eigenvalue weighted by Gasteiger charge is -2.09. The zero-order valence-corrected chi connectivity index (χ0v) is 17.6. The highest BCUT2D eigenvalue weighted by Gasteiger charge is 2.15. The van der Waals surface area contributed by atoms with Gasteiger partial charge in [-0.1, -0.05) is 36.4 Å². The Labute approximate surface area is 179 Å². The first-order chi connectivity index (χ1) is 14.4. The second-order valence-electron chi connectivity index (χ2n) is 6.38. The maximum atomic E-state index is 12.2. The van der Waals surface area contributed by atoms with Crippen LogP contribution in [0.4, 0.5) is 5.69 Å². The van der Waals surface area contributed by atoms with Crippen LogP contribution < -0.4 is 15.4 Å². The molecule has 156 valence electrons. The first-order valence-corrected chi connectivity index (χ1v) is 11.6. The topological polar surface area (TPSA) is 104 Å². The van der Waals surface area contributed by atoms with Crippen molar-refractivity contribution in [3.05, 3.63) is 83.2 Å². The van der Waals surface area contributed by atoms with E-state index in [-0.39, 0.29) is 29.0 Å². The van der Waals surface area contributed by atoms with Crippen molar-refractivity contribution in [3.63, 3.8) is 0 Å². The average Bonchev–Trinajstić information content (AvgIpc) is 3.29. The molecular weight excluding hydrogens is 422 g/mol. The van der Waals surface area contributed by atoms with Crippen LogP contribution in [0, 0.1) is 0 Å². The Hall–Kier alpha value is -3.17. The molecular formula is C21H21N3O4S2. The largest absolute Gasteiger partial charge is 0.352 e. The van der Waals surface area contributed by atoms with Crippen LogP contribution in [0.2, 0.25) is 0 Å². The van der Waals surface area contributed by atoms with Gasteiger partial charge in [0, 0.05) is 30.8 Å². The zero-order valence-electron chi connectivity index (χ0n) is 16.0. The van der Waals surface area contributed by atoms with Crippen molar-refractivity contribution >= 4 is 38.9 Å². The van der Waals surface area contributed by atoms with Crippen LogP contribution in [0.5, 0.6) is 0 Å². The van der Waals surface area contributed by atoms with Gasteiger partial charge < -0.3 is 10.6 Å². The summed E-state index contributed by atoms with van der Waals surface area (Å²) in [5.41, 5.74) is 1.74. The number of benzene rings is 2. The molecule has 0 atom stereocenters. The average molecular weight is 444 g/mol. The molecule has 0 spiro atoms. The van der Waals surface area contributed by atoms with Crippen LogP contribution in [-0.4, -0.2) is 26.8 Å². The van der Waals surface area contributed by atoms with Crippen LogP contribution >= 0.6 is 11.3 Å². The number of hydrogen-bond donors (Lipinski definition) is 3. The maximum Gasteiger partial charge on any atom is 0.271 e. The normalized spacial score (nSPS) is 10.9. The minimum absolute atomic E-state index is 0.155. The van der Waals surface area contributed by atoms with E-state index in [1.807, 2.05) is 30.3 Å². The molecule has 0 fully saturated rings. The van der Waals surface area contributed by atoms with Gasteiger partial charge in [-0.2, -0.15) is 0 Å². The lowest BCUT2D eigenvalue weighted by atomic mass is 10.2. The molecule has 9 heteroatoms. The summed E-state index contributed by atoms with van der Waals surface area (Å²) in [4.78, 5) is 24.1. The Morgan fingerprint density at radius 1 is 0.867 bits per heavy atom. The monoisotopic (exact) mass is 443 g/mol. The number of amides is 2. The summed E-state index contributed by atoms with van der Waals surface area (Å²) < 4.78 is 27.1. The van der Waals surface area contributed by atoms with E-state index in [4.69, 9.17) is 0 Å². The first kappa shape index (κ1) is 21.5. The number of thiophene rings is 1. The summed E-state index contributed by atoms with van der Waals surface area (Å²) in [5, 5.41) is 7.16. The summed E-state index contributed by atoms with van der Waals surface area (Å²) in [7, 11) is -3.63. The molecule has 7 nitrogen and oxygen atoms in total. The minimum atomic E-state index is -3.63. The molecule has 1 aromatic heterocycles. The Morgan fingerprint density at radius 2 is 1.60 bits per heavy atom. The molecule has 0 aliphatic rings. The number of sulfonamides is 1. The van der Waals surface area contributed by atoms with Crippen LogP contribution in [0.15, 0.2) is 76.3 Å². The van der Waals surface area contributed by atoms with Crippen LogP contribution in [0.25, 0.3) is 0 Å². The van der Waals surface area contributed by atoms with E-state index < -0.39 is 10.0 Å². The van der Waals surface area contributed by atoms with E-state index in [9.17, 15) is 18.0 Å². The molecule has 3 N–H and O–H groups in total. The van der Waals surface area contributed by atoms with E-state index in [2.05, 4.69) is 15.4 Å². The van der Waals surface area contributed by atoms with Gasteiger partial charge in [0.2, 0.25) is 5.91 Å². The highest BCUT2D eigenvalue weighted by atomic mass is 32.2. The molecule has 0 aliphatic heterocycles. The van der Waals surface area contributed by atoms with Crippen molar-refractivity contribution in [2.24, 2.45) is 0 Å². The van der Waals surface area contributed by atoms with Crippen LogP contribution in [-0.2, 0) is 21.4 Å². The van der Waals surface area contributed by atoms with Crippen molar-refractivity contribution in [1.82, 2.24) is 10.6 Å². The Balaban J connectivity index is 1.44. The Morgan fingerprint density at radius 3 is 2.27 bits per heavy atom. The molecule has 0 saturated heterocycles. The summed E-state index contributed by atoms with van der Waals surface area (Å²) >= 11 is 1.12. The maximum absolute atomic E-state index is 12.2. The fourth-order valence-electron chi connectivity index (χ4n) is 2.59. The van der Waals surface area contributed by atoms with Crippen molar-refractivity contribution in [3.8, 4) is 0 Å². The molecule has 2 amide bonds. The van der Waals surface area contributed by atoms with Gasteiger partial charge in [0.1, 0.15) is 4.21 Å². The molecule has 30 heavy (non-hydrogen) atoms. The Bertz CT molecular complexity index is 1080. The summed E-state index contributed by atoms with van der Waals surface area (Å²) in [6.45, 7) is 0.642. The first-order valence-electron chi connectivity index (χ1n) is 9.19. The molecule has 3 rings (SSSR count). The second-order valence-corrected chi connectivity index (χ2v) is 9.24. The molecule has 0 unspecified atom stereocenters. The SMILES string of the molecule is O=C(CCNC(=O)c1ccc(NS(=O)(=O)c2cccs2)cc1)NCc1ccccc1. The molecule has 0 radical (unpaired) electrons. The van der Waals surface area contributed by atoms with Crippen molar-refractivity contribution < 1.29 is 18.0 Å². The summed E-state index contributed by atoms with van der Waals surface area (Å²) in [6, 6.07) is 18.8. The van der Waals surface area contributed by atoms with E-state index in [0.717, 1.165) is 16.9 Å². The summed E-state index contributed by atoms with van der Waals surface area (Å²) in [6.07, 6.45) is 0.164. The van der Waals surface area contributed by atoms with E-state index in [0.29, 0.717) is 17.8 Å². The minimum Gasteiger partial charge on any atom is -0.352 e. The molecule has 0 bridgehead atoms.